The summed E-state index contributed by atoms with van der Waals surface area (Å²) in [6.45, 7) is 0.250. The zero-order chi connectivity index (χ0) is 27.5. The average molecular weight is 551 g/mol. The van der Waals surface area contributed by atoms with Crippen LogP contribution in [0.2, 0.25) is 0 Å². The van der Waals surface area contributed by atoms with Crippen LogP contribution in [0, 0.1) is 11.7 Å². The Morgan fingerprint density at radius 3 is 2.63 bits per heavy atom. The molecule has 4 N–H and O–H groups in total. The highest BCUT2D eigenvalue weighted by molar-refractivity contribution is 7.90. The van der Waals surface area contributed by atoms with Gasteiger partial charge in [0.1, 0.15) is 22.3 Å². The molecule has 0 spiro atoms. The number of sulfonamides is 1. The first kappa shape index (κ1) is 27.6. The summed E-state index contributed by atoms with van der Waals surface area (Å²) in [4.78, 5) is 52.0. The van der Waals surface area contributed by atoms with Crippen molar-refractivity contribution in [2.75, 3.05) is 6.54 Å². The number of hydrogen-bond acceptors (Lipinski definition) is 7. The highest BCUT2D eigenvalue weighted by Crippen LogP contribution is 2.45. The van der Waals surface area contributed by atoms with Gasteiger partial charge in [0.05, 0.1) is 0 Å². The lowest BCUT2D eigenvalue weighted by Gasteiger charge is -2.29. The second-order valence-corrected chi connectivity index (χ2v) is 11.5. The molecule has 4 unspecified atom stereocenters. The highest BCUT2D eigenvalue weighted by atomic mass is 32.2. The molecule has 4 atom stereocenters. The molecule has 1 aromatic carbocycles. The van der Waals surface area contributed by atoms with Gasteiger partial charge in [0.15, 0.2) is 6.10 Å². The van der Waals surface area contributed by atoms with Gasteiger partial charge in [-0.25, -0.2) is 22.3 Å². The minimum atomic E-state index is -4.55. The van der Waals surface area contributed by atoms with Crippen LogP contribution in [-0.4, -0.2) is 61.4 Å². The Bertz CT molecular complexity index is 1250. The molecule has 1 aliphatic carbocycles. The standard InChI is InChI=1S/C25H31FN4O7S/c26-17-10-6-7-13-20(17)38(35,36)29-23(33)25-15-16(25)9-4-2-1-3-5-12-19(37-24(27)34)22(32)30-14-8-11-18(30)21(31)28-25/h4,6-7,9-10,13,16,18-19H,1-3,5,8,11-12,14-15H2,(H2,27,34)(H,28,31)(H,29,33)/b9-4+. The summed E-state index contributed by atoms with van der Waals surface area (Å²) in [5.41, 5.74) is 3.59. The van der Waals surface area contributed by atoms with Crippen LogP contribution in [0.4, 0.5) is 9.18 Å². The van der Waals surface area contributed by atoms with Gasteiger partial charge in [-0.1, -0.05) is 30.7 Å². The highest BCUT2D eigenvalue weighted by Gasteiger charge is 2.61. The summed E-state index contributed by atoms with van der Waals surface area (Å²) in [5, 5.41) is 2.69. The first-order valence-corrected chi connectivity index (χ1v) is 14.1. The number of amides is 4. The molecule has 3 aliphatic rings. The van der Waals surface area contributed by atoms with Crippen LogP contribution in [0.1, 0.15) is 51.4 Å². The second kappa shape index (κ2) is 11.1. The van der Waals surface area contributed by atoms with E-state index in [1.54, 1.807) is 6.08 Å². The Morgan fingerprint density at radius 1 is 1.13 bits per heavy atom. The number of primary amides is 1. The lowest BCUT2D eigenvalue weighted by atomic mass is 10.1. The van der Waals surface area contributed by atoms with Crippen molar-refractivity contribution in [1.29, 1.82) is 0 Å². The van der Waals surface area contributed by atoms with Crippen LogP contribution in [0.25, 0.3) is 0 Å². The van der Waals surface area contributed by atoms with Gasteiger partial charge in [0.2, 0.25) is 5.91 Å². The molecule has 2 aliphatic heterocycles. The molecule has 0 radical (unpaired) electrons. The van der Waals surface area contributed by atoms with E-state index in [9.17, 15) is 32.0 Å². The fourth-order valence-corrected chi connectivity index (χ4v) is 6.22. The third kappa shape index (κ3) is 5.82. The quantitative estimate of drug-likeness (QED) is 0.478. The molecule has 0 bridgehead atoms. The number of ether oxygens (including phenoxy) is 1. The smallest absolute Gasteiger partial charge is 0.405 e. The molecule has 1 saturated carbocycles. The molecule has 4 rings (SSSR count). The van der Waals surface area contributed by atoms with Crippen LogP contribution in [-0.2, 0) is 29.1 Å². The van der Waals surface area contributed by atoms with Crippen LogP contribution in [0.3, 0.4) is 0 Å². The van der Waals surface area contributed by atoms with E-state index in [1.807, 2.05) is 10.8 Å². The van der Waals surface area contributed by atoms with Crippen LogP contribution in [0.5, 0.6) is 0 Å². The number of allylic oxidation sites excluding steroid dienone is 1. The lowest BCUT2D eigenvalue weighted by Crippen LogP contribution is -2.57. The molecular formula is C25H31FN4O7S. The minimum absolute atomic E-state index is 0.141. The fourth-order valence-electron chi connectivity index (χ4n) is 5.11. The number of rotatable bonds is 4. The number of hydrogen-bond donors (Lipinski definition) is 3. The number of benzene rings is 1. The van der Waals surface area contributed by atoms with E-state index in [2.05, 4.69) is 5.32 Å². The van der Waals surface area contributed by atoms with Crippen molar-refractivity contribution >= 4 is 33.8 Å². The van der Waals surface area contributed by atoms with E-state index in [0.29, 0.717) is 25.7 Å². The number of carbonyl (C=O) groups excluding carboxylic acids is 4. The van der Waals surface area contributed by atoms with Crippen LogP contribution < -0.4 is 15.8 Å². The Balaban J connectivity index is 1.60. The number of nitrogens with one attached hydrogen (secondary N) is 2. The molecular weight excluding hydrogens is 519 g/mol. The molecule has 2 heterocycles. The van der Waals surface area contributed by atoms with Crippen LogP contribution >= 0.6 is 0 Å². The van der Waals surface area contributed by atoms with Gasteiger partial charge in [-0.05, 0) is 57.1 Å². The summed E-state index contributed by atoms with van der Waals surface area (Å²) in [7, 11) is -4.55. The zero-order valence-corrected chi connectivity index (χ0v) is 21.5. The SMILES string of the molecule is NC(=O)OC1CCCCC/C=C/C2CC2(C(=O)NS(=O)(=O)c2ccccc2F)NC(=O)C2CCCN2C1=O. The van der Waals surface area contributed by atoms with E-state index in [4.69, 9.17) is 10.5 Å². The maximum absolute atomic E-state index is 14.2. The Morgan fingerprint density at radius 2 is 1.89 bits per heavy atom. The Kier molecular flexibility index (Phi) is 8.05. The van der Waals surface area contributed by atoms with Gasteiger partial charge in [-0.3, -0.25) is 14.4 Å². The molecule has 11 nitrogen and oxygen atoms in total. The summed E-state index contributed by atoms with van der Waals surface area (Å²) in [5.74, 6) is -3.65. The molecule has 38 heavy (non-hydrogen) atoms. The van der Waals surface area contributed by atoms with Crippen molar-refractivity contribution in [2.45, 2.75) is 73.9 Å². The van der Waals surface area contributed by atoms with Crippen molar-refractivity contribution in [3.05, 3.63) is 42.2 Å². The molecule has 1 saturated heterocycles. The van der Waals surface area contributed by atoms with Crippen molar-refractivity contribution in [3.63, 3.8) is 0 Å². The third-order valence-corrected chi connectivity index (χ3v) is 8.56. The first-order valence-electron chi connectivity index (χ1n) is 12.6. The second-order valence-electron chi connectivity index (χ2n) is 9.82. The van der Waals surface area contributed by atoms with Gasteiger partial charge in [0, 0.05) is 12.5 Å². The van der Waals surface area contributed by atoms with E-state index in [1.165, 1.54) is 17.0 Å². The van der Waals surface area contributed by atoms with Crippen molar-refractivity contribution in [2.24, 2.45) is 11.7 Å². The fraction of sp³-hybridized carbons (Fsp3) is 0.520. The molecule has 1 aromatic rings. The minimum Gasteiger partial charge on any atom is -0.436 e. The zero-order valence-electron chi connectivity index (χ0n) is 20.7. The maximum Gasteiger partial charge on any atom is 0.405 e. The summed E-state index contributed by atoms with van der Waals surface area (Å²) >= 11 is 0. The molecule has 13 heteroatoms. The Hall–Kier alpha value is -3.48. The molecule has 0 aromatic heterocycles. The van der Waals surface area contributed by atoms with Crippen molar-refractivity contribution in [3.8, 4) is 0 Å². The van der Waals surface area contributed by atoms with Gasteiger partial charge in [-0.15, -0.1) is 0 Å². The normalized spacial score (nSPS) is 29.1. The van der Waals surface area contributed by atoms with Gasteiger partial charge in [-0.2, -0.15) is 0 Å². The molecule has 4 amide bonds. The number of halogens is 1. The third-order valence-electron chi connectivity index (χ3n) is 7.20. The van der Waals surface area contributed by atoms with Gasteiger partial charge >= 0.3 is 6.09 Å². The largest absolute Gasteiger partial charge is 0.436 e. The van der Waals surface area contributed by atoms with E-state index >= 15 is 0 Å². The van der Waals surface area contributed by atoms with Crippen LogP contribution in [0.15, 0.2) is 41.3 Å². The molecule has 2 fully saturated rings. The van der Waals surface area contributed by atoms with E-state index in [0.717, 1.165) is 25.0 Å². The van der Waals surface area contributed by atoms with Crippen molar-refractivity contribution in [1.82, 2.24) is 14.9 Å². The lowest BCUT2D eigenvalue weighted by molar-refractivity contribution is -0.146. The predicted octanol–water partition coefficient (Wildman–Crippen LogP) is 1.48. The van der Waals surface area contributed by atoms with Crippen molar-refractivity contribution < 1.29 is 36.7 Å². The Labute approximate surface area is 220 Å². The maximum atomic E-state index is 14.2. The van der Waals surface area contributed by atoms with E-state index < -0.39 is 68.2 Å². The topological polar surface area (TPSA) is 165 Å². The van der Waals surface area contributed by atoms with Gasteiger partial charge < -0.3 is 20.7 Å². The number of carbonyl (C=O) groups is 4. The first-order chi connectivity index (χ1) is 18.0. The summed E-state index contributed by atoms with van der Waals surface area (Å²) < 4.78 is 46.7. The van der Waals surface area contributed by atoms with Gasteiger partial charge in [0.25, 0.3) is 21.8 Å². The van der Waals surface area contributed by atoms with E-state index in [-0.39, 0.29) is 19.4 Å². The monoisotopic (exact) mass is 550 g/mol. The molecule has 206 valence electrons. The number of nitrogens with zero attached hydrogens (tertiary/aromatic N) is 1. The average Bonchev–Trinajstić information content (AvgIpc) is 3.31. The summed E-state index contributed by atoms with van der Waals surface area (Å²) in [6, 6.07) is 3.71. The summed E-state index contributed by atoms with van der Waals surface area (Å²) in [6.07, 6.45) is 5.41. The number of fused-ring (bicyclic) bond motifs is 2. The predicted molar refractivity (Wildman–Crippen MR) is 132 cm³/mol. The number of nitrogens with two attached hydrogens (primary N) is 1.